The Balaban J connectivity index is 1.47. The molecule has 2 aromatic carbocycles. The van der Waals surface area contributed by atoms with Crippen molar-refractivity contribution in [3.63, 3.8) is 0 Å². The second-order valence-electron chi connectivity index (χ2n) is 9.37. The number of esters is 1. The van der Waals surface area contributed by atoms with Gasteiger partial charge in [-0.25, -0.2) is 9.79 Å². The fraction of sp³-hybridized carbons (Fsp3) is 0.207. The van der Waals surface area contributed by atoms with Crippen molar-refractivity contribution in [1.82, 2.24) is 4.57 Å². The highest BCUT2D eigenvalue weighted by atomic mass is 32.1. The number of furan rings is 1. The van der Waals surface area contributed by atoms with Gasteiger partial charge in [0.2, 0.25) is 6.79 Å². The SMILES string of the molecule is CCOC(=O)C1=C(C)N=c2s/c(=C\c3ccc(-c4cc([N+](=O)[O-])ccc4C)o3)c(=O)n2C1c1ccc2c(c1)OCO2. The Morgan fingerprint density at radius 2 is 1.98 bits per heavy atom. The van der Waals surface area contributed by atoms with Crippen LogP contribution in [0.15, 0.2) is 74.0 Å². The number of fused-ring (bicyclic) bond motifs is 2. The summed E-state index contributed by atoms with van der Waals surface area (Å²) >= 11 is 1.16. The van der Waals surface area contributed by atoms with Gasteiger partial charge in [-0.2, -0.15) is 0 Å². The maximum absolute atomic E-state index is 13.9. The van der Waals surface area contributed by atoms with Crippen LogP contribution in [0.5, 0.6) is 11.5 Å². The normalized spacial score (nSPS) is 16.0. The quantitative estimate of drug-likeness (QED) is 0.192. The molecule has 0 aliphatic carbocycles. The van der Waals surface area contributed by atoms with E-state index in [1.807, 2.05) is 6.92 Å². The molecule has 4 heterocycles. The van der Waals surface area contributed by atoms with Crippen LogP contribution in [-0.2, 0) is 9.53 Å². The fourth-order valence-electron chi connectivity index (χ4n) is 4.88. The van der Waals surface area contributed by atoms with E-state index in [-0.39, 0.29) is 30.2 Å². The standard InChI is InChI=1S/C29H23N3O8S/c1-4-37-28(34)25-16(3)30-29-31(26(25)17-6-9-22-23(11-17)39-14-38-22)27(33)24(41-29)13-19-8-10-21(40-19)20-12-18(32(35)36)7-5-15(20)2/h5-13,26H,4,14H2,1-3H3/b24-13-. The van der Waals surface area contributed by atoms with E-state index < -0.39 is 16.9 Å². The van der Waals surface area contributed by atoms with Crippen molar-refractivity contribution >= 4 is 29.1 Å². The summed E-state index contributed by atoms with van der Waals surface area (Å²) in [4.78, 5) is 42.8. The van der Waals surface area contributed by atoms with Crippen molar-refractivity contribution in [2.75, 3.05) is 13.4 Å². The van der Waals surface area contributed by atoms with Crippen LogP contribution >= 0.6 is 11.3 Å². The summed E-state index contributed by atoms with van der Waals surface area (Å²) in [5.41, 5.74) is 2.31. The predicted molar refractivity (Wildman–Crippen MR) is 148 cm³/mol. The van der Waals surface area contributed by atoms with E-state index in [0.29, 0.717) is 49.2 Å². The molecule has 0 spiro atoms. The molecule has 4 aromatic rings. The minimum atomic E-state index is -0.804. The van der Waals surface area contributed by atoms with Crippen LogP contribution in [0, 0.1) is 17.0 Å². The minimum absolute atomic E-state index is 0.0480. The summed E-state index contributed by atoms with van der Waals surface area (Å²) in [6, 6.07) is 12.4. The molecule has 0 radical (unpaired) electrons. The van der Waals surface area contributed by atoms with Crippen LogP contribution in [0.2, 0.25) is 0 Å². The average molecular weight is 574 g/mol. The monoisotopic (exact) mass is 573 g/mol. The summed E-state index contributed by atoms with van der Waals surface area (Å²) in [7, 11) is 0. The number of nitro benzene ring substituents is 1. The van der Waals surface area contributed by atoms with Crippen molar-refractivity contribution < 1.29 is 28.3 Å². The first-order valence-electron chi connectivity index (χ1n) is 12.7. The lowest BCUT2D eigenvalue weighted by molar-refractivity contribution is -0.384. The number of nitro groups is 1. The summed E-state index contributed by atoms with van der Waals surface area (Å²) in [5, 5.41) is 11.3. The van der Waals surface area contributed by atoms with E-state index in [9.17, 15) is 19.7 Å². The molecule has 208 valence electrons. The van der Waals surface area contributed by atoms with Crippen molar-refractivity contribution in [3.8, 4) is 22.8 Å². The zero-order valence-electron chi connectivity index (χ0n) is 22.2. The first-order chi connectivity index (χ1) is 19.7. The number of ether oxygens (including phenoxy) is 3. The molecule has 0 saturated carbocycles. The van der Waals surface area contributed by atoms with Crippen molar-refractivity contribution in [2.45, 2.75) is 26.8 Å². The first kappa shape index (κ1) is 26.3. The molecule has 1 unspecified atom stereocenters. The van der Waals surface area contributed by atoms with Gasteiger partial charge >= 0.3 is 5.97 Å². The molecule has 11 nitrogen and oxygen atoms in total. The van der Waals surface area contributed by atoms with E-state index in [1.54, 1.807) is 56.3 Å². The molecular weight excluding hydrogens is 550 g/mol. The number of benzene rings is 2. The molecule has 0 fully saturated rings. The predicted octanol–water partition coefficient (Wildman–Crippen LogP) is 4.00. The third-order valence-corrected chi connectivity index (χ3v) is 7.81. The zero-order chi connectivity index (χ0) is 28.8. The molecule has 2 aliphatic rings. The number of non-ortho nitro benzene ring substituents is 1. The number of aryl methyl sites for hydroxylation is 1. The molecule has 12 heteroatoms. The molecule has 2 aliphatic heterocycles. The van der Waals surface area contributed by atoms with Gasteiger partial charge in [0.1, 0.15) is 11.5 Å². The molecule has 6 rings (SSSR count). The maximum atomic E-state index is 13.9. The number of rotatable bonds is 6. The van der Waals surface area contributed by atoms with Crippen molar-refractivity contribution in [1.29, 1.82) is 0 Å². The van der Waals surface area contributed by atoms with E-state index in [1.165, 1.54) is 16.7 Å². The molecular formula is C29H23N3O8S. The van der Waals surface area contributed by atoms with Crippen molar-refractivity contribution in [3.05, 3.63) is 106 Å². The Labute approximate surface area is 236 Å². The number of nitrogens with zero attached hydrogens (tertiary/aromatic N) is 3. The number of thiazole rings is 1. The second-order valence-corrected chi connectivity index (χ2v) is 10.4. The molecule has 0 amide bonds. The number of hydrogen-bond acceptors (Lipinski definition) is 10. The van der Waals surface area contributed by atoms with Crippen LogP contribution < -0.4 is 24.4 Å². The summed E-state index contributed by atoms with van der Waals surface area (Å²) in [5.74, 6) is 1.35. The van der Waals surface area contributed by atoms with Crippen LogP contribution in [-0.4, -0.2) is 28.9 Å². The highest BCUT2D eigenvalue weighted by molar-refractivity contribution is 7.07. The van der Waals surface area contributed by atoms with Gasteiger partial charge in [0.25, 0.3) is 11.2 Å². The Kier molecular flexibility index (Phi) is 6.54. The maximum Gasteiger partial charge on any atom is 0.338 e. The van der Waals surface area contributed by atoms with E-state index >= 15 is 0 Å². The third-order valence-electron chi connectivity index (χ3n) is 6.83. The molecule has 1 atom stereocenters. The highest BCUT2D eigenvalue weighted by Crippen LogP contribution is 2.38. The number of aromatic nitrogens is 1. The zero-order valence-corrected chi connectivity index (χ0v) is 23.0. The van der Waals surface area contributed by atoms with Gasteiger partial charge in [-0.1, -0.05) is 23.5 Å². The van der Waals surface area contributed by atoms with Crippen molar-refractivity contribution in [2.24, 2.45) is 4.99 Å². The van der Waals surface area contributed by atoms with Crippen LogP contribution in [0.25, 0.3) is 17.4 Å². The third kappa shape index (κ3) is 4.61. The molecule has 0 bridgehead atoms. The fourth-order valence-corrected chi connectivity index (χ4v) is 5.91. The van der Waals surface area contributed by atoms with E-state index in [0.717, 1.165) is 16.9 Å². The molecule has 2 aromatic heterocycles. The molecule has 0 saturated heterocycles. The van der Waals surface area contributed by atoms with E-state index in [2.05, 4.69) is 4.99 Å². The molecule has 41 heavy (non-hydrogen) atoms. The van der Waals surface area contributed by atoms with Crippen LogP contribution in [0.3, 0.4) is 0 Å². The van der Waals surface area contributed by atoms with Gasteiger partial charge in [-0.3, -0.25) is 19.5 Å². The number of carbonyl (C=O) groups is 1. The number of hydrogen-bond donors (Lipinski definition) is 0. The van der Waals surface area contributed by atoms with Gasteiger partial charge in [0, 0.05) is 23.8 Å². The smallest absolute Gasteiger partial charge is 0.338 e. The van der Waals surface area contributed by atoms with Gasteiger partial charge in [-0.05, 0) is 56.2 Å². The number of allylic oxidation sites excluding steroid dienone is 1. The summed E-state index contributed by atoms with van der Waals surface area (Å²) in [6.07, 6.45) is 1.60. The number of carbonyl (C=O) groups excluding carboxylic acids is 1. The average Bonchev–Trinajstić information content (AvgIpc) is 3.67. The highest BCUT2D eigenvalue weighted by Gasteiger charge is 2.34. The van der Waals surface area contributed by atoms with Gasteiger partial charge in [0.05, 0.1) is 33.4 Å². The van der Waals surface area contributed by atoms with Gasteiger partial charge in [-0.15, -0.1) is 0 Å². The first-order valence-corrected chi connectivity index (χ1v) is 13.5. The Bertz CT molecular complexity index is 1950. The molecule has 0 N–H and O–H groups in total. The largest absolute Gasteiger partial charge is 0.463 e. The van der Waals surface area contributed by atoms with Crippen LogP contribution in [0.1, 0.15) is 36.8 Å². The van der Waals surface area contributed by atoms with Gasteiger partial charge < -0.3 is 18.6 Å². The lowest BCUT2D eigenvalue weighted by Gasteiger charge is -2.24. The topological polar surface area (TPSA) is 135 Å². The minimum Gasteiger partial charge on any atom is -0.463 e. The summed E-state index contributed by atoms with van der Waals surface area (Å²) < 4.78 is 24.1. The summed E-state index contributed by atoms with van der Waals surface area (Å²) in [6.45, 7) is 5.51. The van der Waals surface area contributed by atoms with Crippen LogP contribution in [0.4, 0.5) is 5.69 Å². The Morgan fingerprint density at radius 3 is 2.76 bits per heavy atom. The van der Waals surface area contributed by atoms with Gasteiger partial charge in [0.15, 0.2) is 16.3 Å². The second kappa shape index (κ2) is 10.2. The lowest BCUT2D eigenvalue weighted by atomic mass is 9.95. The van der Waals surface area contributed by atoms with E-state index in [4.69, 9.17) is 18.6 Å². The Hall–Kier alpha value is -4.97. The lowest BCUT2D eigenvalue weighted by Crippen LogP contribution is -2.39. The Morgan fingerprint density at radius 1 is 1.17 bits per heavy atom.